The van der Waals surface area contributed by atoms with Crippen molar-refractivity contribution in [2.24, 2.45) is 0 Å². The Kier molecular flexibility index (Phi) is 3.39. The maximum Gasteiger partial charge on any atom is 0.316 e. The first-order chi connectivity index (χ1) is 8.51. The van der Waals surface area contributed by atoms with Crippen molar-refractivity contribution in [2.75, 3.05) is 7.11 Å². The number of benzene rings is 1. The summed E-state index contributed by atoms with van der Waals surface area (Å²) in [5.74, 6) is -0.732. The monoisotopic (exact) mass is 252 g/mol. The fourth-order valence-electron chi connectivity index (χ4n) is 2.88. The number of halogens is 1. The van der Waals surface area contributed by atoms with Crippen molar-refractivity contribution in [3.63, 3.8) is 0 Å². The second kappa shape index (κ2) is 4.69. The third kappa shape index (κ3) is 1.90. The number of esters is 1. The standard InChI is InChI=1S/C14H17FO3/c1-9-11(4-3-5-12(9)15)14(13(17)18-2)7-6-10(16)8-14/h3-5,10,16H,6-8H2,1-2H3/t10?,14-/m1/s1. The summed E-state index contributed by atoms with van der Waals surface area (Å²) in [7, 11) is 1.32. The van der Waals surface area contributed by atoms with Gasteiger partial charge in [0.1, 0.15) is 5.82 Å². The minimum Gasteiger partial charge on any atom is -0.468 e. The molecule has 0 radical (unpaired) electrons. The highest BCUT2D eigenvalue weighted by Gasteiger charge is 2.48. The second-order valence-electron chi connectivity index (χ2n) is 4.88. The minimum absolute atomic E-state index is 0.296. The van der Waals surface area contributed by atoms with Gasteiger partial charge in [0.05, 0.1) is 18.6 Å². The molecular weight excluding hydrogens is 235 g/mol. The largest absolute Gasteiger partial charge is 0.468 e. The van der Waals surface area contributed by atoms with Gasteiger partial charge in [-0.2, -0.15) is 0 Å². The normalized spacial score (nSPS) is 27.2. The summed E-state index contributed by atoms with van der Waals surface area (Å²) in [6.07, 6.45) is 0.784. The Morgan fingerprint density at radius 1 is 1.56 bits per heavy atom. The highest BCUT2D eigenvalue weighted by molar-refractivity contribution is 5.84. The summed E-state index contributed by atoms with van der Waals surface area (Å²) in [5, 5.41) is 9.73. The van der Waals surface area contributed by atoms with Crippen molar-refractivity contribution >= 4 is 5.97 Å². The summed E-state index contributed by atoms with van der Waals surface area (Å²) in [4.78, 5) is 12.1. The van der Waals surface area contributed by atoms with Crippen LogP contribution in [0.4, 0.5) is 4.39 Å². The van der Waals surface area contributed by atoms with Crippen molar-refractivity contribution in [1.29, 1.82) is 0 Å². The van der Waals surface area contributed by atoms with Crippen LogP contribution in [-0.2, 0) is 14.9 Å². The van der Waals surface area contributed by atoms with Gasteiger partial charge in [0.15, 0.2) is 0 Å². The Bertz CT molecular complexity index is 472. The van der Waals surface area contributed by atoms with E-state index < -0.39 is 17.5 Å². The number of carbonyl (C=O) groups is 1. The summed E-state index contributed by atoms with van der Waals surface area (Å²) in [6.45, 7) is 1.65. The Labute approximate surface area is 106 Å². The summed E-state index contributed by atoms with van der Waals surface area (Å²) >= 11 is 0. The predicted molar refractivity (Wildman–Crippen MR) is 64.7 cm³/mol. The molecule has 1 aliphatic carbocycles. The number of aliphatic hydroxyl groups is 1. The van der Waals surface area contributed by atoms with Gasteiger partial charge in [-0.15, -0.1) is 0 Å². The average molecular weight is 252 g/mol. The van der Waals surface area contributed by atoms with Gasteiger partial charge in [-0.25, -0.2) is 4.39 Å². The summed E-state index contributed by atoms with van der Waals surface area (Å²) in [6, 6.07) is 4.70. The lowest BCUT2D eigenvalue weighted by Gasteiger charge is -2.28. The third-order valence-electron chi connectivity index (χ3n) is 3.85. The molecule has 2 atom stereocenters. The lowest BCUT2D eigenvalue weighted by atomic mass is 9.76. The molecule has 0 bridgehead atoms. The van der Waals surface area contributed by atoms with Crippen LogP contribution in [0.3, 0.4) is 0 Å². The van der Waals surface area contributed by atoms with Crippen molar-refractivity contribution in [3.05, 3.63) is 35.1 Å². The molecule has 1 N–H and O–H groups in total. The van der Waals surface area contributed by atoms with Gasteiger partial charge in [0, 0.05) is 0 Å². The molecule has 0 aromatic heterocycles. The number of hydrogen-bond donors (Lipinski definition) is 1. The van der Waals surface area contributed by atoms with Crippen LogP contribution in [0.15, 0.2) is 18.2 Å². The van der Waals surface area contributed by atoms with Gasteiger partial charge in [0.25, 0.3) is 0 Å². The Morgan fingerprint density at radius 2 is 2.28 bits per heavy atom. The first-order valence-corrected chi connectivity index (χ1v) is 6.03. The molecule has 98 valence electrons. The van der Waals surface area contributed by atoms with Crippen LogP contribution in [0.25, 0.3) is 0 Å². The maximum atomic E-state index is 13.7. The summed E-state index contributed by atoms with van der Waals surface area (Å²) < 4.78 is 18.5. The van der Waals surface area contributed by atoms with E-state index in [1.165, 1.54) is 13.2 Å². The molecule has 4 heteroatoms. The molecule has 2 rings (SSSR count). The fraction of sp³-hybridized carbons (Fsp3) is 0.500. The van der Waals surface area contributed by atoms with E-state index in [0.717, 1.165) is 0 Å². The molecule has 0 saturated heterocycles. The highest BCUT2D eigenvalue weighted by atomic mass is 19.1. The van der Waals surface area contributed by atoms with Crippen molar-refractivity contribution < 1.29 is 19.0 Å². The molecule has 0 amide bonds. The van der Waals surface area contributed by atoms with Gasteiger partial charge in [0.2, 0.25) is 0 Å². The van der Waals surface area contributed by atoms with Crippen molar-refractivity contribution in [3.8, 4) is 0 Å². The fourth-order valence-corrected chi connectivity index (χ4v) is 2.88. The van der Waals surface area contributed by atoms with Crippen LogP contribution in [0.1, 0.15) is 30.4 Å². The first-order valence-electron chi connectivity index (χ1n) is 6.03. The van der Waals surface area contributed by atoms with E-state index in [1.54, 1.807) is 19.1 Å². The molecule has 1 aromatic carbocycles. The maximum absolute atomic E-state index is 13.7. The average Bonchev–Trinajstić information content (AvgIpc) is 2.75. The minimum atomic E-state index is -0.902. The molecule has 0 heterocycles. The van der Waals surface area contributed by atoms with Crippen LogP contribution >= 0.6 is 0 Å². The van der Waals surface area contributed by atoms with Crippen LogP contribution in [-0.4, -0.2) is 24.3 Å². The third-order valence-corrected chi connectivity index (χ3v) is 3.85. The van der Waals surface area contributed by atoms with Crippen LogP contribution in [0.5, 0.6) is 0 Å². The molecule has 1 fully saturated rings. The number of ether oxygens (including phenoxy) is 1. The zero-order valence-electron chi connectivity index (χ0n) is 10.6. The lowest BCUT2D eigenvalue weighted by Crippen LogP contribution is -2.36. The van der Waals surface area contributed by atoms with Crippen LogP contribution in [0, 0.1) is 12.7 Å². The lowest BCUT2D eigenvalue weighted by molar-refractivity contribution is -0.147. The molecule has 18 heavy (non-hydrogen) atoms. The Balaban J connectivity index is 2.54. The van der Waals surface area contributed by atoms with E-state index in [2.05, 4.69) is 0 Å². The highest BCUT2D eigenvalue weighted by Crippen LogP contribution is 2.43. The number of methoxy groups -OCH3 is 1. The van der Waals surface area contributed by atoms with E-state index in [9.17, 15) is 14.3 Å². The van der Waals surface area contributed by atoms with E-state index in [4.69, 9.17) is 4.74 Å². The zero-order chi connectivity index (χ0) is 13.3. The summed E-state index contributed by atoms with van der Waals surface area (Å²) in [5.41, 5.74) is 0.184. The molecule has 0 aliphatic heterocycles. The topological polar surface area (TPSA) is 46.5 Å². The quantitative estimate of drug-likeness (QED) is 0.820. The molecule has 1 saturated carbocycles. The molecule has 1 aliphatic rings. The van der Waals surface area contributed by atoms with Gasteiger partial charge in [-0.05, 0) is 43.4 Å². The van der Waals surface area contributed by atoms with Crippen molar-refractivity contribution in [1.82, 2.24) is 0 Å². The second-order valence-corrected chi connectivity index (χ2v) is 4.88. The van der Waals surface area contributed by atoms with Gasteiger partial charge in [-0.3, -0.25) is 4.79 Å². The van der Waals surface area contributed by atoms with E-state index in [0.29, 0.717) is 30.4 Å². The predicted octanol–water partition coefficient (Wildman–Crippen LogP) is 2.09. The van der Waals surface area contributed by atoms with Gasteiger partial charge < -0.3 is 9.84 Å². The SMILES string of the molecule is COC(=O)[C@]1(c2cccc(F)c2C)CCC(O)C1. The molecule has 1 unspecified atom stereocenters. The zero-order valence-corrected chi connectivity index (χ0v) is 10.6. The molecule has 3 nitrogen and oxygen atoms in total. The van der Waals surface area contributed by atoms with Crippen LogP contribution in [0.2, 0.25) is 0 Å². The van der Waals surface area contributed by atoms with Gasteiger partial charge >= 0.3 is 5.97 Å². The van der Waals surface area contributed by atoms with Gasteiger partial charge in [-0.1, -0.05) is 12.1 Å². The Hall–Kier alpha value is -1.42. The number of rotatable bonds is 2. The smallest absolute Gasteiger partial charge is 0.316 e. The number of hydrogen-bond acceptors (Lipinski definition) is 3. The Morgan fingerprint density at radius 3 is 2.83 bits per heavy atom. The number of aliphatic hydroxyl groups excluding tert-OH is 1. The number of carbonyl (C=O) groups excluding carboxylic acids is 1. The van der Waals surface area contributed by atoms with Crippen molar-refractivity contribution in [2.45, 2.75) is 37.7 Å². The van der Waals surface area contributed by atoms with Crippen LogP contribution < -0.4 is 0 Å². The van der Waals surface area contributed by atoms with E-state index >= 15 is 0 Å². The van der Waals surface area contributed by atoms with E-state index in [-0.39, 0.29) is 5.82 Å². The van der Waals surface area contributed by atoms with E-state index in [1.807, 2.05) is 0 Å². The molecular formula is C14H17FO3. The first kappa shape index (κ1) is 13.0. The molecule has 1 aromatic rings. The molecule has 0 spiro atoms.